The Bertz CT molecular complexity index is 400. The summed E-state index contributed by atoms with van der Waals surface area (Å²) >= 11 is 0. The van der Waals surface area contributed by atoms with Crippen LogP contribution in [-0.2, 0) is 4.74 Å². The van der Waals surface area contributed by atoms with Crippen molar-refractivity contribution in [1.82, 2.24) is 5.32 Å². The van der Waals surface area contributed by atoms with Crippen LogP contribution in [-0.4, -0.2) is 32.3 Å². The second kappa shape index (κ2) is 6.40. The maximum atomic E-state index is 11.6. The number of rotatable bonds is 5. The Kier molecular flexibility index (Phi) is 4.59. The fourth-order valence-corrected chi connectivity index (χ4v) is 2.00. The van der Waals surface area contributed by atoms with Crippen molar-refractivity contribution >= 4 is 5.97 Å². The van der Waals surface area contributed by atoms with Crippen LogP contribution in [0.4, 0.5) is 0 Å². The molecule has 1 aliphatic heterocycles. The van der Waals surface area contributed by atoms with Gasteiger partial charge in [0.2, 0.25) is 0 Å². The highest BCUT2D eigenvalue weighted by Crippen LogP contribution is 2.16. The molecule has 0 aromatic heterocycles. The topological polar surface area (TPSA) is 47.6 Å². The molecule has 0 aliphatic carbocycles. The third-order valence-electron chi connectivity index (χ3n) is 2.99. The molecule has 0 saturated carbocycles. The predicted octanol–water partition coefficient (Wildman–Crippen LogP) is 1.85. The number of ether oxygens (including phenoxy) is 2. The Morgan fingerprint density at radius 1 is 1.50 bits per heavy atom. The van der Waals surface area contributed by atoms with E-state index in [-0.39, 0.29) is 5.97 Å². The zero-order valence-corrected chi connectivity index (χ0v) is 10.6. The standard InChI is InChI=1S/C14H19NO3/c1-2-17-14(16)12-4-3-5-13(8-12)18-10-11-6-7-15-9-11/h3-5,8,11,15H,2,6-7,9-10H2,1H3. The summed E-state index contributed by atoms with van der Waals surface area (Å²) in [5, 5.41) is 3.30. The molecule has 1 aromatic carbocycles. The van der Waals surface area contributed by atoms with E-state index < -0.39 is 0 Å². The smallest absolute Gasteiger partial charge is 0.338 e. The Labute approximate surface area is 107 Å². The summed E-state index contributed by atoms with van der Waals surface area (Å²) < 4.78 is 10.7. The van der Waals surface area contributed by atoms with Crippen LogP contribution >= 0.6 is 0 Å². The zero-order valence-electron chi connectivity index (χ0n) is 10.6. The van der Waals surface area contributed by atoms with E-state index in [1.165, 1.54) is 0 Å². The van der Waals surface area contributed by atoms with E-state index >= 15 is 0 Å². The molecule has 1 atom stereocenters. The first-order valence-corrected chi connectivity index (χ1v) is 6.40. The van der Waals surface area contributed by atoms with Gasteiger partial charge in [0.05, 0.1) is 18.8 Å². The fourth-order valence-electron chi connectivity index (χ4n) is 2.00. The molecule has 1 heterocycles. The molecule has 0 radical (unpaired) electrons. The lowest BCUT2D eigenvalue weighted by molar-refractivity contribution is 0.0526. The number of hydrogen-bond acceptors (Lipinski definition) is 4. The number of carbonyl (C=O) groups excluding carboxylic acids is 1. The van der Waals surface area contributed by atoms with Crippen molar-refractivity contribution in [2.45, 2.75) is 13.3 Å². The Balaban J connectivity index is 1.91. The lowest BCUT2D eigenvalue weighted by atomic mass is 10.1. The van der Waals surface area contributed by atoms with Gasteiger partial charge < -0.3 is 14.8 Å². The van der Waals surface area contributed by atoms with Crippen molar-refractivity contribution < 1.29 is 14.3 Å². The summed E-state index contributed by atoms with van der Waals surface area (Å²) in [6, 6.07) is 7.15. The molecule has 4 heteroatoms. The second-order valence-corrected chi connectivity index (χ2v) is 4.42. The Hall–Kier alpha value is -1.55. The highest BCUT2D eigenvalue weighted by Gasteiger charge is 2.15. The van der Waals surface area contributed by atoms with Crippen LogP contribution < -0.4 is 10.1 Å². The van der Waals surface area contributed by atoms with Gasteiger partial charge in [0.15, 0.2) is 0 Å². The van der Waals surface area contributed by atoms with Gasteiger partial charge in [-0.3, -0.25) is 0 Å². The molecule has 1 fully saturated rings. The quantitative estimate of drug-likeness (QED) is 0.809. The van der Waals surface area contributed by atoms with Gasteiger partial charge in [-0.25, -0.2) is 4.79 Å². The molecule has 2 rings (SSSR count). The van der Waals surface area contributed by atoms with Gasteiger partial charge in [-0.15, -0.1) is 0 Å². The van der Waals surface area contributed by atoms with Crippen molar-refractivity contribution in [3.63, 3.8) is 0 Å². The van der Waals surface area contributed by atoms with Gasteiger partial charge in [-0.1, -0.05) is 6.07 Å². The van der Waals surface area contributed by atoms with E-state index in [0.29, 0.717) is 24.7 Å². The molecule has 1 aromatic rings. The number of carbonyl (C=O) groups is 1. The lowest BCUT2D eigenvalue weighted by Gasteiger charge is -2.11. The lowest BCUT2D eigenvalue weighted by Crippen LogP contribution is -2.15. The predicted molar refractivity (Wildman–Crippen MR) is 68.9 cm³/mol. The highest BCUT2D eigenvalue weighted by molar-refractivity contribution is 5.89. The molecule has 1 unspecified atom stereocenters. The Morgan fingerprint density at radius 2 is 2.39 bits per heavy atom. The van der Waals surface area contributed by atoms with Crippen molar-refractivity contribution in [2.24, 2.45) is 5.92 Å². The van der Waals surface area contributed by atoms with Crippen molar-refractivity contribution in [2.75, 3.05) is 26.3 Å². The maximum Gasteiger partial charge on any atom is 0.338 e. The summed E-state index contributed by atoms with van der Waals surface area (Å²) in [4.78, 5) is 11.6. The molecule has 0 bridgehead atoms. The molecule has 0 amide bonds. The van der Waals surface area contributed by atoms with Gasteiger partial charge in [-0.2, -0.15) is 0 Å². The van der Waals surface area contributed by atoms with E-state index in [9.17, 15) is 4.79 Å². The van der Waals surface area contributed by atoms with Gasteiger partial charge in [0, 0.05) is 12.5 Å². The van der Waals surface area contributed by atoms with Crippen LogP contribution in [0.3, 0.4) is 0 Å². The van der Waals surface area contributed by atoms with Crippen LogP contribution in [0.5, 0.6) is 5.75 Å². The summed E-state index contributed by atoms with van der Waals surface area (Å²) in [5.74, 6) is 0.995. The van der Waals surface area contributed by atoms with Crippen LogP contribution in [0.1, 0.15) is 23.7 Å². The van der Waals surface area contributed by atoms with Gasteiger partial charge in [0.1, 0.15) is 5.75 Å². The summed E-state index contributed by atoms with van der Waals surface area (Å²) in [5.41, 5.74) is 0.541. The monoisotopic (exact) mass is 249 g/mol. The molecule has 4 nitrogen and oxygen atoms in total. The first kappa shape index (κ1) is 12.9. The SMILES string of the molecule is CCOC(=O)c1cccc(OCC2CCNC2)c1. The molecule has 1 N–H and O–H groups in total. The fraction of sp³-hybridized carbons (Fsp3) is 0.500. The molecular formula is C14H19NO3. The van der Waals surface area contributed by atoms with E-state index in [2.05, 4.69) is 5.32 Å². The van der Waals surface area contributed by atoms with Crippen molar-refractivity contribution in [3.05, 3.63) is 29.8 Å². The number of esters is 1. The van der Waals surface area contributed by atoms with Crippen LogP contribution in [0.25, 0.3) is 0 Å². The van der Waals surface area contributed by atoms with E-state index in [1.54, 1.807) is 19.1 Å². The third-order valence-corrected chi connectivity index (χ3v) is 2.99. The van der Waals surface area contributed by atoms with Crippen LogP contribution in [0.15, 0.2) is 24.3 Å². The molecule has 0 spiro atoms. The van der Waals surface area contributed by atoms with Crippen molar-refractivity contribution in [1.29, 1.82) is 0 Å². The number of benzene rings is 1. The van der Waals surface area contributed by atoms with Gasteiger partial charge in [0.25, 0.3) is 0 Å². The first-order chi connectivity index (χ1) is 8.79. The zero-order chi connectivity index (χ0) is 12.8. The van der Waals surface area contributed by atoms with Crippen LogP contribution in [0.2, 0.25) is 0 Å². The molecule has 98 valence electrons. The largest absolute Gasteiger partial charge is 0.493 e. The minimum Gasteiger partial charge on any atom is -0.493 e. The minimum atomic E-state index is -0.300. The summed E-state index contributed by atoms with van der Waals surface area (Å²) in [6.45, 7) is 4.96. The maximum absolute atomic E-state index is 11.6. The van der Waals surface area contributed by atoms with E-state index in [4.69, 9.17) is 9.47 Å². The first-order valence-electron chi connectivity index (χ1n) is 6.40. The molecular weight excluding hydrogens is 230 g/mol. The second-order valence-electron chi connectivity index (χ2n) is 4.42. The number of hydrogen-bond donors (Lipinski definition) is 1. The average Bonchev–Trinajstić information content (AvgIpc) is 2.90. The number of nitrogens with one attached hydrogen (secondary N) is 1. The van der Waals surface area contributed by atoms with Gasteiger partial charge in [-0.05, 0) is 38.1 Å². The summed E-state index contributed by atoms with van der Waals surface area (Å²) in [7, 11) is 0. The van der Waals surface area contributed by atoms with E-state index in [1.807, 2.05) is 12.1 Å². The summed E-state index contributed by atoms with van der Waals surface area (Å²) in [6.07, 6.45) is 1.15. The van der Waals surface area contributed by atoms with Crippen molar-refractivity contribution in [3.8, 4) is 5.75 Å². The minimum absolute atomic E-state index is 0.300. The Morgan fingerprint density at radius 3 is 3.11 bits per heavy atom. The average molecular weight is 249 g/mol. The third kappa shape index (κ3) is 3.47. The highest BCUT2D eigenvalue weighted by atomic mass is 16.5. The van der Waals surface area contributed by atoms with Crippen LogP contribution in [0, 0.1) is 5.92 Å². The molecule has 18 heavy (non-hydrogen) atoms. The normalized spacial score (nSPS) is 18.6. The van der Waals surface area contributed by atoms with E-state index in [0.717, 1.165) is 25.3 Å². The van der Waals surface area contributed by atoms with Gasteiger partial charge >= 0.3 is 5.97 Å². The molecule has 1 saturated heterocycles. The molecule has 1 aliphatic rings.